The molecule has 0 aromatic heterocycles. The van der Waals surface area contributed by atoms with Crippen LogP contribution in [-0.2, 0) is 12.3 Å². The Bertz CT molecular complexity index is 270. The maximum atomic E-state index is 6.22. The van der Waals surface area contributed by atoms with Gasteiger partial charge in [-0.15, -0.1) is 6.58 Å². The first kappa shape index (κ1) is 11.7. The molecule has 15 heavy (non-hydrogen) atoms. The van der Waals surface area contributed by atoms with Gasteiger partial charge >= 0.3 is 25.7 Å². The first-order chi connectivity index (χ1) is 6.79. The van der Waals surface area contributed by atoms with Crippen molar-refractivity contribution >= 4 is 25.7 Å². The van der Waals surface area contributed by atoms with Crippen LogP contribution in [0.1, 0.15) is 12.8 Å². The Hall–Kier alpha value is 0.271. The molecule has 0 amide bonds. The molecule has 0 atom stereocenters. The molecule has 1 aliphatic carbocycles. The van der Waals surface area contributed by atoms with Gasteiger partial charge in [-0.25, -0.2) is 0 Å². The third-order valence-corrected chi connectivity index (χ3v) is 15.4. The lowest BCUT2D eigenvalue weighted by molar-refractivity contribution is 0.235. The van der Waals surface area contributed by atoms with E-state index in [0.717, 1.165) is 0 Å². The summed E-state index contributed by atoms with van der Waals surface area (Å²) in [6.07, 6.45) is 2.49. The molecule has 1 aliphatic heterocycles. The molecule has 86 valence electrons. The topological polar surface area (TPSA) is 27.7 Å². The Morgan fingerprint density at radius 2 is 1.47 bits per heavy atom. The lowest BCUT2D eigenvalue weighted by Gasteiger charge is -2.48. The Kier molecular flexibility index (Phi) is 2.65. The normalized spacial score (nSPS) is 32.3. The number of hydrogen-bond acceptors (Lipinski definition) is 3. The average Bonchev–Trinajstić information content (AvgIpc) is 2.79. The molecule has 0 N–H and O–H groups in total. The van der Waals surface area contributed by atoms with Crippen LogP contribution in [-0.4, -0.2) is 25.7 Å². The molecule has 0 radical (unpaired) electrons. The standard InChI is InChI=1S/C9H20O3Si3/c1-6-15(9-7-8-9)11-13(2,3)10-14(4,5)12-15/h6,9H,1,7-8H2,2-5H3. The van der Waals surface area contributed by atoms with Crippen molar-refractivity contribution in [1.29, 1.82) is 0 Å². The summed E-state index contributed by atoms with van der Waals surface area (Å²) in [6, 6.07) is 0. The molecule has 0 aromatic rings. The SMILES string of the molecule is C=C[Si]1(C2CC2)O[Si](C)(C)O[Si](C)(C)O1. The van der Waals surface area contributed by atoms with Crippen molar-refractivity contribution in [3.05, 3.63) is 12.3 Å². The van der Waals surface area contributed by atoms with Gasteiger partial charge in [-0.1, -0.05) is 5.70 Å². The van der Waals surface area contributed by atoms with Crippen molar-refractivity contribution < 1.29 is 12.3 Å². The zero-order valence-electron chi connectivity index (χ0n) is 10.0. The Morgan fingerprint density at radius 3 is 1.80 bits per heavy atom. The Morgan fingerprint density at radius 1 is 1.00 bits per heavy atom. The first-order valence-corrected chi connectivity index (χ1v) is 13.1. The summed E-state index contributed by atoms with van der Waals surface area (Å²) >= 11 is 0. The van der Waals surface area contributed by atoms with E-state index in [0.29, 0.717) is 5.54 Å². The van der Waals surface area contributed by atoms with Crippen LogP contribution in [0.5, 0.6) is 0 Å². The summed E-state index contributed by atoms with van der Waals surface area (Å²) in [5.74, 6) is 0. The van der Waals surface area contributed by atoms with E-state index in [9.17, 15) is 0 Å². The van der Waals surface area contributed by atoms with Gasteiger partial charge in [0, 0.05) is 5.54 Å². The van der Waals surface area contributed by atoms with Gasteiger partial charge in [0.05, 0.1) is 0 Å². The molecule has 0 aromatic carbocycles. The lowest BCUT2D eigenvalue weighted by atomic mass is 11.0. The predicted octanol–water partition coefficient (Wildman–Crippen LogP) is 2.78. The predicted molar refractivity (Wildman–Crippen MR) is 67.2 cm³/mol. The summed E-state index contributed by atoms with van der Waals surface area (Å²) < 4.78 is 18.5. The van der Waals surface area contributed by atoms with E-state index < -0.39 is 25.7 Å². The van der Waals surface area contributed by atoms with E-state index in [1.165, 1.54) is 12.8 Å². The van der Waals surface area contributed by atoms with E-state index in [2.05, 4.69) is 32.8 Å². The molecule has 3 nitrogen and oxygen atoms in total. The van der Waals surface area contributed by atoms with Crippen molar-refractivity contribution in [2.45, 2.75) is 44.6 Å². The molecule has 2 rings (SSSR count). The smallest absolute Gasteiger partial charge is 0.350 e. The van der Waals surface area contributed by atoms with Crippen molar-refractivity contribution in [2.75, 3.05) is 0 Å². The molecule has 0 spiro atoms. The minimum Gasteiger partial charge on any atom is -0.416 e. The fourth-order valence-electron chi connectivity index (χ4n) is 2.33. The maximum absolute atomic E-state index is 6.22. The highest BCUT2D eigenvalue weighted by Gasteiger charge is 2.60. The van der Waals surface area contributed by atoms with Crippen LogP contribution in [0.15, 0.2) is 12.3 Å². The van der Waals surface area contributed by atoms with Crippen LogP contribution in [0.3, 0.4) is 0 Å². The second-order valence-corrected chi connectivity index (χ2v) is 16.0. The van der Waals surface area contributed by atoms with E-state index in [4.69, 9.17) is 12.3 Å². The van der Waals surface area contributed by atoms with E-state index >= 15 is 0 Å². The van der Waals surface area contributed by atoms with E-state index in [1.54, 1.807) is 0 Å². The highest BCUT2D eigenvalue weighted by molar-refractivity contribution is 6.95. The van der Waals surface area contributed by atoms with E-state index in [1.807, 2.05) is 5.70 Å². The zero-order chi connectivity index (χ0) is 11.3. The van der Waals surface area contributed by atoms with Crippen LogP contribution < -0.4 is 0 Å². The third-order valence-electron chi connectivity index (χ3n) is 2.73. The summed E-state index contributed by atoms with van der Waals surface area (Å²) in [7, 11) is -6.09. The largest absolute Gasteiger partial charge is 0.416 e. The van der Waals surface area contributed by atoms with Crippen molar-refractivity contribution in [3.63, 3.8) is 0 Å². The summed E-state index contributed by atoms with van der Waals surface area (Å²) in [5.41, 5.74) is 2.62. The summed E-state index contributed by atoms with van der Waals surface area (Å²) in [6.45, 7) is 12.4. The molecule has 6 heteroatoms. The maximum Gasteiger partial charge on any atom is 0.350 e. The van der Waals surface area contributed by atoms with Gasteiger partial charge < -0.3 is 12.3 Å². The van der Waals surface area contributed by atoms with Gasteiger partial charge in [-0.05, 0) is 39.0 Å². The molecule has 2 fully saturated rings. The second kappa shape index (κ2) is 3.38. The molecular weight excluding hydrogens is 240 g/mol. The fourth-order valence-corrected chi connectivity index (χ4v) is 18.1. The minimum atomic E-state index is -2.13. The Labute approximate surface area is 95.2 Å². The number of rotatable bonds is 2. The van der Waals surface area contributed by atoms with Gasteiger partial charge in [-0.3, -0.25) is 0 Å². The summed E-state index contributed by atoms with van der Waals surface area (Å²) in [4.78, 5) is 0. The zero-order valence-corrected chi connectivity index (χ0v) is 13.0. The van der Waals surface area contributed by atoms with Gasteiger partial charge in [-0.2, -0.15) is 0 Å². The second-order valence-electron chi connectivity index (χ2n) is 5.31. The van der Waals surface area contributed by atoms with Crippen LogP contribution in [0.2, 0.25) is 31.7 Å². The van der Waals surface area contributed by atoms with Crippen LogP contribution in [0.4, 0.5) is 0 Å². The minimum absolute atomic E-state index is 0.637. The van der Waals surface area contributed by atoms with Gasteiger partial charge in [0.2, 0.25) is 0 Å². The molecule has 1 saturated heterocycles. The monoisotopic (exact) mass is 260 g/mol. The third kappa shape index (κ3) is 2.34. The average molecular weight is 261 g/mol. The molecule has 2 aliphatic rings. The molecule has 1 heterocycles. The highest BCUT2D eigenvalue weighted by atomic mass is 28.5. The van der Waals surface area contributed by atoms with Crippen molar-refractivity contribution in [2.24, 2.45) is 0 Å². The lowest BCUT2D eigenvalue weighted by Crippen LogP contribution is -2.66. The molecular formula is C9H20O3Si3. The van der Waals surface area contributed by atoms with Crippen LogP contribution in [0.25, 0.3) is 0 Å². The quantitative estimate of drug-likeness (QED) is 0.715. The van der Waals surface area contributed by atoms with Gasteiger partial charge in [0.25, 0.3) is 0 Å². The van der Waals surface area contributed by atoms with Crippen molar-refractivity contribution in [3.8, 4) is 0 Å². The van der Waals surface area contributed by atoms with Gasteiger partial charge in [0.15, 0.2) is 0 Å². The molecule has 0 unspecified atom stereocenters. The van der Waals surface area contributed by atoms with Crippen molar-refractivity contribution in [1.82, 2.24) is 0 Å². The van der Waals surface area contributed by atoms with E-state index in [-0.39, 0.29) is 0 Å². The molecule has 0 bridgehead atoms. The Balaban J connectivity index is 2.28. The first-order valence-electron chi connectivity index (χ1n) is 5.53. The molecule has 1 saturated carbocycles. The summed E-state index contributed by atoms with van der Waals surface area (Å²) in [5, 5.41) is 0. The van der Waals surface area contributed by atoms with Gasteiger partial charge in [0.1, 0.15) is 0 Å². The highest BCUT2D eigenvalue weighted by Crippen LogP contribution is 2.50. The van der Waals surface area contributed by atoms with Crippen LogP contribution >= 0.6 is 0 Å². The van der Waals surface area contributed by atoms with Crippen LogP contribution in [0, 0.1) is 0 Å². The fraction of sp³-hybridized carbons (Fsp3) is 0.778. The number of hydrogen-bond donors (Lipinski definition) is 0.